The second-order valence-corrected chi connectivity index (χ2v) is 5.86. The lowest BCUT2D eigenvalue weighted by Gasteiger charge is -2.39. The van der Waals surface area contributed by atoms with E-state index in [9.17, 15) is 0 Å². The molecule has 0 spiro atoms. The van der Waals surface area contributed by atoms with E-state index < -0.39 is 0 Å². The fraction of sp³-hybridized carbons (Fsp3) is 0.692. The van der Waals surface area contributed by atoms with Crippen molar-refractivity contribution in [1.82, 2.24) is 5.32 Å². The first-order valence-corrected chi connectivity index (χ1v) is 6.87. The molecule has 0 saturated heterocycles. The third-order valence-electron chi connectivity index (χ3n) is 3.86. The molecule has 0 radical (unpaired) electrons. The van der Waals surface area contributed by atoms with Gasteiger partial charge in [0.05, 0.1) is 6.04 Å². The summed E-state index contributed by atoms with van der Waals surface area (Å²) in [4.78, 5) is 0. The Kier molecular flexibility index (Phi) is 3.75. The van der Waals surface area contributed by atoms with Crippen LogP contribution in [-0.2, 0) is 0 Å². The number of rotatable bonds is 3. The van der Waals surface area contributed by atoms with E-state index in [2.05, 4.69) is 34.2 Å². The Bertz CT molecular complexity index is 341. The minimum Gasteiger partial charge on any atom is -0.453 e. The lowest BCUT2D eigenvalue weighted by atomic mass is 9.70. The summed E-state index contributed by atoms with van der Waals surface area (Å²) in [5, 5.41) is 3.43. The smallest absolute Gasteiger partial charge is 0.169 e. The highest BCUT2D eigenvalue weighted by Gasteiger charge is 2.37. The van der Waals surface area contributed by atoms with Crippen LogP contribution in [0, 0.1) is 5.41 Å². The monoisotopic (exact) mass is 285 g/mol. The van der Waals surface area contributed by atoms with Gasteiger partial charge < -0.3 is 9.73 Å². The van der Waals surface area contributed by atoms with Crippen LogP contribution in [-0.4, -0.2) is 7.05 Å². The van der Waals surface area contributed by atoms with Gasteiger partial charge in [0.1, 0.15) is 5.76 Å². The predicted molar refractivity (Wildman–Crippen MR) is 69.4 cm³/mol. The molecule has 1 N–H and O–H groups in total. The van der Waals surface area contributed by atoms with Crippen molar-refractivity contribution in [3.63, 3.8) is 0 Å². The van der Waals surface area contributed by atoms with Crippen molar-refractivity contribution >= 4 is 15.9 Å². The highest BCUT2D eigenvalue weighted by atomic mass is 79.9. The fourth-order valence-corrected chi connectivity index (χ4v) is 3.28. The first-order chi connectivity index (χ1) is 7.65. The lowest BCUT2D eigenvalue weighted by Crippen LogP contribution is -2.35. The standard InChI is InChI=1S/C13H20BrNO/c1-13(8-4-3-5-9-13)12(15-2)10-6-7-11(14)16-10/h6-7,12,15H,3-5,8-9H2,1-2H3. The van der Waals surface area contributed by atoms with Crippen LogP contribution in [0.4, 0.5) is 0 Å². The van der Waals surface area contributed by atoms with E-state index in [1.807, 2.05) is 13.1 Å². The van der Waals surface area contributed by atoms with Crippen LogP contribution in [0.15, 0.2) is 21.2 Å². The molecule has 0 bridgehead atoms. The average Bonchev–Trinajstić information content (AvgIpc) is 2.66. The Labute approximate surface area is 106 Å². The Balaban J connectivity index is 2.20. The molecule has 0 aliphatic heterocycles. The van der Waals surface area contributed by atoms with Crippen LogP contribution in [0.5, 0.6) is 0 Å². The second-order valence-electron chi connectivity index (χ2n) is 5.08. The van der Waals surface area contributed by atoms with Crippen LogP contribution in [0.2, 0.25) is 0 Å². The van der Waals surface area contributed by atoms with Crippen molar-refractivity contribution in [1.29, 1.82) is 0 Å². The molecule has 1 aliphatic carbocycles. The van der Waals surface area contributed by atoms with E-state index in [0.29, 0.717) is 11.5 Å². The van der Waals surface area contributed by atoms with Crippen molar-refractivity contribution in [3.05, 3.63) is 22.6 Å². The molecule has 3 heteroatoms. The minimum atomic E-state index is 0.332. The van der Waals surface area contributed by atoms with Crippen LogP contribution in [0.25, 0.3) is 0 Å². The first-order valence-electron chi connectivity index (χ1n) is 6.08. The second kappa shape index (κ2) is 4.92. The molecule has 1 saturated carbocycles. The third-order valence-corrected chi connectivity index (χ3v) is 4.29. The Hall–Kier alpha value is -0.280. The molecule has 0 amide bonds. The van der Waals surface area contributed by atoms with Gasteiger partial charge in [-0.25, -0.2) is 0 Å². The molecule has 1 aromatic heterocycles. The molecule has 1 aromatic rings. The lowest BCUT2D eigenvalue weighted by molar-refractivity contribution is 0.134. The molecule has 1 atom stereocenters. The van der Waals surface area contributed by atoms with Gasteiger partial charge in [-0.1, -0.05) is 26.2 Å². The van der Waals surface area contributed by atoms with Crippen LogP contribution >= 0.6 is 15.9 Å². The molecule has 1 heterocycles. The van der Waals surface area contributed by atoms with Gasteiger partial charge in [0.15, 0.2) is 4.67 Å². The quantitative estimate of drug-likeness (QED) is 0.897. The number of hydrogen-bond donors (Lipinski definition) is 1. The van der Waals surface area contributed by atoms with Gasteiger partial charge in [-0.15, -0.1) is 0 Å². The van der Waals surface area contributed by atoms with Gasteiger partial charge in [-0.05, 0) is 53.4 Å². The zero-order valence-electron chi connectivity index (χ0n) is 10.1. The van der Waals surface area contributed by atoms with Crippen molar-refractivity contribution in [2.45, 2.75) is 45.1 Å². The van der Waals surface area contributed by atoms with Crippen molar-refractivity contribution < 1.29 is 4.42 Å². The van der Waals surface area contributed by atoms with Crippen molar-refractivity contribution in [2.24, 2.45) is 5.41 Å². The summed E-state index contributed by atoms with van der Waals surface area (Å²) >= 11 is 3.38. The molecule has 16 heavy (non-hydrogen) atoms. The van der Waals surface area contributed by atoms with Gasteiger partial charge in [0.2, 0.25) is 0 Å². The van der Waals surface area contributed by atoms with Crippen molar-refractivity contribution in [3.8, 4) is 0 Å². The van der Waals surface area contributed by atoms with E-state index in [1.54, 1.807) is 0 Å². The molecule has 1 unspecified atom stereocenters. The summed E-state index contributed by atoms with van der Waals surface area (Å²) < 4.78 is 6.53. The highest BCUT2D eigenvalue weighted by molar-refractivity contribution is 9.10. The highest BCUT2D eigenvalue weighted by Crippen LogP contribution is 2.45. The molecule has 0 aromatic carbocycles. The molecular formula is C13H20BrNO. The first kappa shape index (κ1) is 12.2. The normalized spacial score (nSPS) is 21.9. The van der Waals surface area contributed by atoms with Gasteiger partial charge in [0.25, 0.3) is 0 Å². The Morgan fingerprint density at radius 2 is 2.00 bits per heavy atom. The Morgan fingerprint density at radius 1 is 1.31 bits per heavy atom. The molecule has 1 fully saturated rings. The molecule has 2 rings (SSSR count). The van der Waals surface area contributed by atoms with Crippen molar-refractivity contribution in [2.75, 3.05) is 7.05 Å². The predicted octanol–water partition coefficient (Wildman–Crippen LogP) is 4.27. The van der Waals surface area contributed by atoms with Gasteiger partial charge in [0, 0.05) is 0 Å². The fourth-order valence-electron chi connectivity index (χ4n) is 2.97. The molecule has 2 nitrogen and oxygen atoms in total. The zero-order valence-corrected chi connectivity index (χ0v) is 11.6. The van der Waals surface area contributed by atoms with Gasteiger partial charge >= 0.3 is 0 Å². The minimum absolute atomic E-state index is 0.332. The maximum atomic E-state index is 5.71. The summed E-state index contributed by atoms with van der Waals surface area (Å²) in [5.41, 5.74) is 0.338. The summed E-state index contributed by atoms with van der Waals surface area (Å²) in [6.45, 7) is 2.38. The maximum Gasteiger partial charge on any atom is 0.169 e. The number of halogens is 1. The number of nitrogens with one attached hydrogen (secondary N) is 1. The van der Waals surface area contributed by atoms with Crippen LogP contribution in [0.3, 0.4) is 0 Å². The third kappa shape index (κ3) is 2.35. The van der Waals surface area contributed by atoms with Gasteiger partial charge in [-0.2, -0.15) is 0 Å². The Morgan fingerprint density at radius 3 is 2.50 bits per heavy atom. The summed E-state index contributed by atoms with van der Waals surface area (Å²) in [7, 11) is 2.03. The summed E-state index contributed by atoms with van der Waals surface area (Å²) in [5.74, 6) is 1.05. The molecule has 1 aliphatic rings. The van der Waals surface area contributed by atoms with Gasteiger partial charge in [-0.3, -0.25) is 0 Å². The summed E-state index contributed by atoms with van der Waals surface area (Å²) in [6, 6.07) is 4.39. The van der Waals surface area contributed by atoms with E-state index in [0.717, 1.165) is 10.4 Å². The summed E-state index contributed by atoms with van der Waals surface area (Å²) in [6.07, 6.45) is 6.65. The van der Waals surface area contributed by atoms with Crippen LogP contribution in [0.1, 0.15) is 50.8 Å². The van der Waals surface area contributed by atoms with E-state index >= 15 is 0 Å². The number of hydrogen-bond acceptors (Lipinski definition) is 2. The molecular weight excluding hydrogens is 266 g/mol. The largest absolute Gasteiger partial charge is 0.453 e. The number of furan rings is 1. The SMILES string of the molecule is CNC(c1ccc(Br)o1)C1(C)CCCCC1. The van der Waals surface area contributed by atoms with Crippen LogP contribution < -0.4 is 5.32 Å². The van der Waals surface area contributed by atoms with E-state index in [-0.39, 0.29) is 0 Å². The average molecular weight is 286 g/mol. The maximum absolute atomic E-state index is 5.71. The zero-order chi connectivity index (χ0) is 11.6. The topological polar surface area (TPSA) is 25.2 Å². The molecule has 90 valence electrons. The van der Waals surface area contributed by atoms with E-state index in [1.165, 1.54) is 32.1 Å². The van der Waals surface area contributed by atoms with E-state index in [4.69, 9.17) is 4.42 Å².